The molecule has 0 aliphatic carbocycles. The standard InChI is InChI=1S/C21H23N5O/c1-15-7-4-10-19(23-15)16(2)26-27-14-6-9-18-8-5-11-20(25-18)21-12-13-22-17(3)24-21/h4-5,7-8,10-13H,6,9,14H2,1-3H3/b26-16+. The second-order valence-electron chi connectivity index (χ2n) is 6.28. The highest BCUT2D eigenvalue weighted by Crippen LogP contribution is 2.15. The van der Waals surface area contributed by atoms with E-state index in [1.165, 1.54) is 0 Å². The van der Waals surface area contributed by atoms with Crippen molar-refractivity contribution in [2.45, 2.75) is 33.6 Å². The molecule has 0 fully saturated rings. The summed E-state index contributed by atoms with van der Waals surface area (Å²) >= 11 is 0. The molecule has 0 spiro atoms. The van der Waals surface area contributed by atoms with Crippen molar-refractivity contribution in [3.05, 3.63) is 71.6 Å². The van der Waals surface area contributed by atoms with Crippen LogP contribution in [-0.2, 0) is 11.3 Å². The van der Waals surface area contributed by atoms with Crippen molar-refractivity contribution in [2.24, 2.45) is 5.16 Å². The van der Waals surface area contributed by atoms with Crippen molar-refractivity contribution >= 4 is 5.71 Å². The van der Waals surface area contributed by atoms with E-state index in [-0.39, 0.29) is 0 Å². The summed E-state index contributed by atoms with van der Waals surface area (Å²) in [6.07, 6.45) is 3.40. The minimum atomic E-state index is 0.529. The zero-order valence-corrected chi connectivity index (χ0v) is 15.9. The van der Waals surface area contributed by atoms with Gasteiger partial charge in [0, 0.05) is 17.6 Å². The van der Waals surface area contributed by atoms with Gasteiger partial charge in [-0.25, -0.2) is 9.97 Å². The minimum Gasteiger partial charge on any atom is -0.396 e. The van der Waals surface area contributed by atoms with Gasteiger partial charge in [-0.3, -0.25) is 9.97 Å². The fraction of sp³-hybridized carbons (Fsp3) is 0.286. The highest BCUT2D eigenvalue weighted by Gasteiger charge is 2.04. The van der Waals surface area contributed by atoms with Gasteiger partial charge in [-0.05, 0) is 63.9 Å². The summed E-state index contributed by atoms with van der Waals surface area (Å²) in [5.41, 5.74) is 5.28. The van der Waals surface area contributed by atoms with Gasteiger partial charge < -0.3 is 4.84 Å². The third-order valence-electron chi connectivity index (χ3n) is 3.97. The maximum Gasteiger partial charge on any atom is 0.125 e. The molecular formula is C21H23N5O. The van der Waals surface area contributed by atoms with Gasteiger partial charge in [0.05, 0.1) is 17.1 Å². The molecule has 0 aliphatic rings. The van der Waals surface area contributed by atoms with Crippen molar-refractivity contribution < 1.29 is 4.84 Å². The smallest absolute Gasteiger partial charge is 0.125 e. The van der Waals surface area contributed by atoms with E-state index < -0.39 is 0 Å². The number of nitrogens with zero attached hydrogens (tertiary/aromatic N) is 5. The molecule has 3 heterocycles. The fourth-order valence-electron chi connectivity index (χ4n) is 2.61. The molecule has 0 radical (unpaired) electrons. The molecule has 0 N–H and O–H groups in total. The van der Waals surface area contributed by atoms with Crippen molar-refractivity contribution in [1.82, 2.24) is 19.9 Å². The molecule has 0 saturated carbocycles. The molecule has 138 valence electrons. The third kappa shape index (κ3) is 5.41. The van der Waals surface area contributed by atoms with Crippen LogP contribution in [0.4, 0.5) is 0 Å². The molecule has 0 amide bonds. The second-order valence-corrected chi connectivity index (χ2v) is 6.28. The first-order valence-electron chi connectivity index (χ1n) is 8.98. The molecule has 0 aromatic carbocycles. The molecule has 0 unspecified atom stereocenters. The average molecular weight is 361 g/mol. The number of oxime groups is 1. The summed E-state index contributed by atoms with van der Waals surface area (Å²) in [4.78, 5) is 23.1. The van der Waals surface area contributed by atoms with Crippen LogP contribution < -0.4 is 0 Å². The molecule has 6 nitrogen and oxygen atoms in total. The summed E-state index contributed by atoms with van der Waals surface area (Å²) in [6, 6.07) is 13.7. The van der Waals surface area contributed by atoms with Crippen molar-refractivity contribution in [3.63, 3.8) is 0 Å². The quantitative estimate of drug-likeness (QED) is 0.362. The number of hydrogen-bond acceptors (Lipinski definition) is 6. The zero-order valence-electron chi connectivity index (χ0n) is 15.9. The monoisotopic (exact) mass is 361 g/mol. The molecule has 27 heavy (non-hydrogen) atoms. The van der Waals surface area contributed by atoms with Gasteiger partial charge >= 0.3 is 0 Å². The van der Waals surface area contributed by atoms with Crippen LogP contribution in [0.2, 0.25) is 0 Å². The number of aromatic nitrogens is 4. The van der Waals surface area contributed by atoms with Crippen LogP contribution in [0.1, 0.15) is 36.3 Å². The lowest BCUT2D eigenvalue weighted by Crippen LogP contribution is -2.02. The molecule has 0 atom stereocenters. The molecule has 3 aromatic rings. The van der Waals surface area contributed by atoms with Crippen LogP contribution in [-0.4, -0.2) is 32.3 Å². The lowest BCUT2D eigenvalue weighted by atomic mass is 10.2. The summed E-state index contributed by atoms with van der Waals surface area (Å²) in [5.74, 6) is 0.740. The van der Waals surface area contributed by atoms with E-state index in [0.717, 1.165) is 52.8 Å². The van der Waals surface area contributed by atoms with Crippen LogP contribution >= 0.6 is 0 Å². The maximum atomic E-state index is 5.44. The van der Waals surface area contributed by atoms with Crippen LogP contribution in [0.3, 0.4) is 0 Å². The highest BCUT2D eigenvalue weighted by molar-refractivity contribution is 5.96. The predicted octanol–water partition coefficient (Wildman–Crippen LogP) is 3.92. The lowest BCUT2D eigenvalue weighted by molar-refractivity contribution is 0.141. The summed E-state index contributed by atoms with van der Waals surface area (Å²) in [5, 5.41) is 4.16. The molecular weight excluding hydrogens is 338 g/mol. The van der Waals surface area contributed by atoms with Gasteiger partial charge in [-0.15, -0.1) is 0 Å². The Hall–Kier alpha value is -3.15. The Bertz CT molecular complexity index is 939. The third-order valence-corrected chi connectivity index (χ3v) is 3.97. The van der Waals surface area contributed by atoms with Crippen LogP contribution in [0, 0.1) is 13.8 Å². The van der Waals surface area contributed by atoms with E-state index in [4.69, 9.17) is 4.84 Å². The molecule has 6 heteroatoms. The normalized spacial score (nSPS) is 11.4. The van der Waals surface area contributed by atoms with Crippen molar-refractivity contribution in [3.8, 4) is 11.4 Å². The Morgan fingerprint density at radius 3 is 2.59 bits per heavy atom. The summed E-state index contributed by atoms with van der Waals surface area (Å²) < 4.78 is 0. The number of hydrogen-bond donors (Lipinski definition) is 0. The molecule has 0 saturated heterocycles. The van der Waals surface area contributed by atoms with Gasteiger partial charge in [0.25, 0.3) is 0 Å². The Morgan fingerprint density at radius 2 is 1.78 bits per heavy atom. The van der Waals surface area contributed by atoms with E-state index in [1.807, 2.05) is 63.2 Å². The molecule has 3 rings (SSSR count). The number of aryl methyl sites for hydroxylation is 3. The van der Waals surface area contributed by atoms with Crippen LogP contribution in [0.25, 0.3) is 11.4 Å². The Labute approximate surface area is 159 Å². The molecule has 3 aromatic heterocycles. The van der Waals surface area contributed by atoms with Crippen molar-refractivity contribution in [2.75, 3.05) is 6.61 Å². The largest absolute Gasteiger partial charge is 0.396 e. The fourth-order valence-corrected chi connectivity index (χ4v) is 2.61. The minimum absolute atomic E-state index is 0.529. The first-order valence-corrected chi connectivity index (χ1v) is 8.98. The van der Waals surface area contributed by atoms with Gasteiger partial charge in [0.1, 0.15) is 18.1 Å². The molecule has 0 bridgehead atoms. The first kappa shape index (κ1) is 18.6. The van der Waals surface area contributed by atoms with E-state index in [2.05, 4.69) is 25.1 Å². The van der Waals surface area contributed by atoms with Crippen LogP contribution in [0.5, 0.6) is 0 Å². The van der Waals surface area contributed by atoms with E-state index in [9.17, 15) is 0 Å². The van der Waals surface area contributed by atoms with Gasteiger partial charge in [-0.1, -0.05) is 17.3 Å². The second kappa shape index (κ2) is 8.98. The van der Waals surface area contributed by atoms with Gasteiger partial charge in [0.15, 0.2) is 0 Å². The topological polar surface area (TPSA) is 73.2 Å². The zero-order chi connectivity index (χ0) is 19.1. The van der Waals surface area contributed by atoms with E-state index >= 15 is 0 Å². The average Bonchev–Trinajstić information content (AvgIpc) is 2.68. The Balaban J connectivity index is 1.52. The highest BCUT2D eigenvalue weighted by atomic mass is 16.6. The van der Waals surface area contributed by atoms with Gasteiger partial charge in [-0.2, -0.15) is 0 Å². The van der Waals surface area contributed by atoms with E-state index in [0.29, 0.717) is 6.61 Å². The SMILES string of the molecule is C/C(=N\OCCCc1cccc(-c2ccnc(C)n2)n1)c1cccc(C)n1. The Kier molecular flexibility index (Phi) is 6.20. The predicted molar refractivity (Wildman–Crippen MR) is 105 cm³/mol. The van der Waals surface area contributed by atoms with Crippen LogP contribution in [0.15, 0.2) is 53.8 Å². The summed E-state index contributed by atoms with van der Waals surface area (Å²) in [6.45, 7) is 6.26. The summed E-state index contributed by atoms with van der Waals surface area (Å²) in [7, 11) is 0. The maximum absolute atomic E-state index is 5.44. The first-order chi connectivity index (χ1) is 13.1. The molecule has 0 aliphatic heterocycles. The van der Waals surface area contributed by atoms with Crippen molar-refractivity contribution in [1.29, 1.82) is 0 Å². The lowest BCUT2D eigenvalue weighted by Gasteiger charge is -2.05. The number of rotatable bonds is 7. The van der Waals surface area contributed by atoms with E-state index in [1.54, 1.807) is 6.20 Å². The van der Waals surface area contributed by atoms with Gasteiger partial charge in [0.2, 0.25) is 0 Å². The Morgan fingerprint density at radius 1 is 0.963 bits per heavy atom. The number of pyridine rings is 2.